The minimum atomic E-state index is 0.0225. The van der Waals surface area contributed by atoms with Crippen LogP contribution < -0.4 is 4.74 Å². The van der Waals surface area contributed by atoms with Crippen molar-refractivity contribution >= 4 is 16.9 Å². The van der Waals surface area contributed by atoms with Crippen molar-refractivity contribution in [2.45, 2.75) is 13.5 Å². The molecule has 3 aromatic rings. The van der Waals surface area contributed by atoms with Crippen LogP contribution in [0.4, 0.5) is 0 Å². The summed E-state index contributed by atoms with van der Waals surface area (Å²) in [5, 5.41) is 0. The summed E-state index contributed by atoms with van der Waals surface area (Å²) >= 11 is 0. The second kappa shape index (κ2) is 6.22. The van der Waals surface area contributed by atoms with E-state index in [1.165, 1.54) is 0 Å². The monoisotopic (exact) mass is 311 g/mol. The van der Waals surface area contributed by atoms with E-state index in [4.69, 9.17) is 13.9 Å². The predicted octanol–water partition coefficient (Wildman–Crippen LogP) is 3.85. The van der Waals surface area contributed by atoms with E-state index >= 15 is 0 Å². The number of benzene rings is 2. The summed E-state index contributed by atoms with van der Waals surface area (Å²) in [6.07, 6.45) is 0. The van der Waals surface area contributed by atoms with Crippen molar-refractivity contribution in [2.24, 2.45) is 0 Å². The van der Waals surface area contributed by atoms with Crippen molar-refractivity contribution in [1.29, 1.82) is 0 Å². The molecule has 3 rings (SSSR count). The van der Waals surface area contributed by atoms with Crippen molar-refractivity contribution in [2.75, 3.05) is 14.2 Å². The molecule has 23 heavy (non-hydrogen) atoms. The summed E-state index contributed by atoms with van der Waals surface area (Å²) < 4.78 is 16.3. The minimum Gasteiger partial charge on any atom is -0.494 e. The van der Waals surface area contributed by atoms with Crippen molar-refractivity contribution in [3.63, 3.8) is 0 Å². The van der Waals surface area contributed by atoms with E-state index in [2.05, 4.69) is 4.98 Å². The molecule has 0 unspecified atom stereocenters. The topological polar surface area (TPSA) is 61.6 Å². The fourth-order valence-corrected chi connectivity index (χ4v) is 2.51. The average Bonchev–Trinajstić information content (AvgIpc) is 2.98. The third-order valence-electron chi connectivity index (χ3n) is 3.62. The first-order valence-corrected chi connectivity index (χ1v) is 7.20. The van der Waals surface area contributed by atoms with E-state index < -0.39 is 0 Å². The van der Waals surface area contributed by atoms with Gasteiger partial charge in [0.25, 0.3) is 0 Å². The Morgan fingerprint density at radius 3 is 2.74 bits per heavy atom. The van der Waals surface area contributed by atoms with Crippen LogP contribution in [0.3, 0.4) is 0 Å². The Labute approximate surface area is 133 Å². The van der Waals surface area contributed by atoms with Crippen LogP contribution in [0, 0.1) is 0 Å². The zero-order valence-electron chi connectivity index (χ0n) is 13.3. The number of rotatable bonds is 5. The second-order valence-electron chi connectivity index (χ2n) is 5.17. The lowest BCUT2D eigenvalue weighted by Crippen LogP contribution is -1.92. The first-order chi connectivity index (χ1) is 11.1. The van der Waals surface area contributed by atoms with Gasteiger partial charge in [0, 0.05) is 18.2 Å². The van der Waals surface area contributed by atoms with E-state index in [-0.39, 0.29) is 12.4 Å². The highest BCUT2D eigenvalue weighted by molar-refractivity contribution is 5.98. The van der Waals surface area contributed by atoms with Gasteiger partial charge in [-0.1, -0.05) is 18.2 Å². The number of carbonyl (C=O) groups is 1. The van der Waals surface area contributed by atoms with Gasteiger partial charge in [-0.3, -0.25) is 4.79 Å². The quantitative estimate of drug-likeness (QED) is 0.670. The highest BCUT2D eigenvalue weighted by atomic mass is 16.5. The summed E-state index contributed by atoms with van der Waals surface area (Å²) in [6, 6.07) is 11.2. The van der Waals surface area contributed by atoms with E-state index in [1.807, 2.05) is 30.3 Å². The van der Waals surface area contributed by atoms with Crippen molar-refractivity contribution < 1.29 is 18.7 Å². The van der Waals surface area contributed by atoms with Crippen LogP contribution >= 0.6 is 0 Å². The maximum Gasteiger partial charge on any atom is 0.221 e. The summed E-state index contributed by atoms with van der Waals surface area (Å²) in [4.78, 5) is 16.0. The summed E-state index contributed by atoms with van der Waals surface area (Å²) in [5.74, 6) is 1.14. The van der Waals surface area contributed by atoms with Gasteiger partial charge in [0.2, 0.25) is 5.89 Å². The molecular weight excluding hydrogens is 294 g/mol. The number of ether oxygens (including phenoxy) is 2. The molecule has 5 nitrogen and oxygen atoms in total. The Kier molecular flexibility index (Phi) is 4.12. The summed E-state index contributed by atoms with van der Waals surface area (Å²) in [6.45, 7) is 1.83. The third kappa shape index (κ3) is 2.83. The molecule has 0 aliphatic carbocycles. The van der Waals surface area contributed by atoms with Crippen LogP contribution in [0.15, 0.2) is 40.8 Å². The lowest BCUT2D eigenvalue weighted by molar-refractivity contribution is 0.101. The Morgan fingerprint density at radius 1 is 1.22 bits per heavy atom. The van der Waals surface area contributed by atoms with Gasteiger partial charge < -0.3 is 13.9 Å². The molecule has 0 radical (unpaired) electrons. The zero-order chi connectivity index (χ0) is 16.4. The number of aromatic nitrogens is 1. The molecule has 0 bridgehead atoms. The first kappa shape index (κ1) is 15.2. The lowest BCUT2D eigenvalue weighted by Gasteiger charge is -2.06. The van der Waals surface area contributed by atoms with Gasteiger partial charge in [-0.05, 0) is 30.7 Å². The Hall–Kier alpha value is -2.66. The van der Waals surface area contributed by atoms with Crippen molar-refractivity contribution in [1.82, 2.24) is 4.98 Å². The normalized spacial score (nSPS) is 10.9. The molecule has 0 saturated carbocycles. The molecule has 118 valence electrons. The number of ketones is 1. The van der Waals surface area contributed by atoms with Gasteiger partial charge in [0.15, 0.2) is 16.9 Å². The summed E-state index contributed by atoms with van der Waals surface area (Å²) in [7, 11) is 3.18. The molecule has 1 heterocycles. The minimum absolute atomic E-state index is 0.0225. The van der Waals surface area contributed by atoms with Crippen LogP contribution in [0.2, 0.25) is 0 Å². The molecule has 0 aliphatic rings. The fraction of sp³-hybridized carbons (Fsp3) is 0.222. The zero-order valence-corrected chi connectivity index (χ0v) is 13.3. The molecule has 0 N–H and O–H groups in total. The maximum absolute atomic E-state index is 11.6. The smallest absolute Gasteiger partial charge is 0.221 e. The van der Waals surface area contributed by atoms with Crippen LogP contribution in [-0.4, -0.2) is 25.0 Å². The largest absolute Gasteiger partial charge is 0.494 e. The molecule has 0 amide bonds. The lowest BCUT2D eigenvalue weighted by atomic mass is 10.0. The van der Waals surface area contributed by atoms with E-state index in [9.17, 15) is 4.79 Å². The van der Waals surface area contributed by atoms with Gasteiger partial charge in [-0.15, -0.1) is 0 Å². The van der Waals surface area contributed by atoms with Gasteiger partial charge in [0.1, 0.15) is 12.4 Å². The highest BCUT2D eigenvalue weighted by Gasteiger charge is 2.16. The highest BCUT2D eigenvalue weighted by Crippen LogP contribution is 2.35. The number of carbonyl (C=O) groups excluding carboxylic acids is 1. The van der Waals surface area contributed by atoms with E-state index in [0.717, 1.165) is 11.1 Å². The fourth-order valence-electron chi connectivity index (χ4n) is 2.51. The maximum atomic E-state index is 11.6. The number of hydrogen-bond acceptors (Lipinski definition) is 5. The third-order valence-corrected chi connectivity index (χ3v) is 3.62. The molecule has 1 aromatic heterocycles. The molecular formula is C18H17NO4. The summed E-state index contributed by atoms with van der Waals surface area (Å²) in [5.41, 5.74) is 3.68. The molecule has 0 atom stereocenters. The SMILES string of the molecule is COCc1nc2c(OC)ccc(-c3cccc(C(C)=O)c3)c2o1. The van der Waals surface area contributed by atoms with Gasteiger partial charge in [-0.2, -0.15) is 0 Å². The number of methoxy groups -OCH3 is 2. The number of oxazole rings is 1. The standard InChI is InChI=1S/C18H17NO4/c1-11(20)12-5-4-6-13(9-12)14-7-8-15(22-3)17-18(14)23-16(19-17)10-21-2/h4-9H,10H2,1-3H3. The number of nitrogens with zero attached hydrogens (tertiary/aromatic N) is 1. The van der Waals surface area contributed by atoms with Gasteiger partial charge in [0.05, 0.1) is 7.11 Å². The van der Waals surface area contributed by atoms with Crippen molar-refractivity contribution in [3.8, 4) is 16.9 Å². The van der Waals surface area contributed by atoms with E-state index in [1.54, 1.807) is 27.2 Å². The predicted molar refractivity (Wildman–Crippen MR) is 86.7 cm³/mol. The van der Waals surface area contributed by atoms with Crippen LogP contribution in [0.1, 0.15) is 23.2 Å². The van der Waals surface area contributed by atoms with Gasteiger partial charge in [-0.25, -0.2) is 4.98 Å². The molecule has 5 heteroatoms. The van der Waals surface area contributed by atoms with Crippen LogP contribution in [0.5, 0.6) is 5.75 Å². The Balaban J connectivity index is 2.21. The average molecular weight is 311 g/mol. The van der Waals surface area contributed by atoms with Crippen molar-refractivity contribution in [3.05, 3.63) is 47.9 Å². The Morgan fingerprint density at radius 2 is 2.04 bits per heavy atom. The molecule has 2 aromatic carbocycles. The van der Waals surface area contributed by atoms with Crippen LogP contribution in [0.25, 0.3) is 22.2 Å². The first-order valence-electron chi connectivity index (χ1n) is 7.20. The molecule has 0 spiro atoms. The number of fused-ring (bicyclic) bond motifs is 1. The number of Topliss-reactive ketones (excluding diaryl/α,β-unsaturated/α-hetero) is 1. The molecule has 0 aliphatic heterocycles. The van der Waals surface area contributed by atoms with Crippen LogP contribution in [-0.2, 0) is 11.3 Å². The number of hydrogen-bond donors (Lipinski definition) is 0. The van der Waals surface area contributed by atoms with E-state index in [0.29, 0.717) is 28.3 Å². The molecule has 0 fully saturated rings. The van der Waals surface area contributed by atoms with Gasteiger partial charge >= 0.3 is 0 Å². The second-order valence-corrected chi connectivity index (χ2v) is 5.17. The Bertz CT molecular complexity index is 867. The molecule has 0 saturated heterocycles.